The van der Waals surface area contributed by atoms with Crippen molar-refractivity contribution in [3.8, 4) is 17.1 Å². The molecule has 0 aliphatic heterocycles. The number of halogens is 1. The first-order chi connectivity index (χ1) is 16.0. The summed E-state index contributed by atoms with van der Waals surface area (Å²) in [5, 5.41) is 12.4. The molecule has 0 spiro atoms. The maximum Gasteiger partial charge on any atom is 0.225 e. The Morgan fingerprint density at radius 2 is 1.73 bits per heavy atom. The lowest BCUT2D eigenvalue weighted by Crippen LogP contribution is -2.12. The van der Waals surface area contributed by atoms with Gasteiger partial charge in [0.15, 0.2) is 16.8 Å². The fourth-order valence-electron chi connectivity index (χ4n) is 3.23. The summed E-state index contributed by atoms with van der Waals surface area (Å²) in [6, 6.07) is 24.7. The Morgan fingerprint density at radius 3 is 2.42 bits per heavy atom. The van der Waals surface area contributed by atoms with Crippen LogP contribution in [0.2, 0.25) is 0 Å². The average Bonchev–Trinajstić information content (AvgIpc) is 3.24. The van der Waals surface area contributed by atoms with Crippen LogP contribution in [0.1, 0.15) is 23.7 Å². The van der Waals surface area contributed by atoms with Crippen molar-refractivity contribution in [1.82, 2.24) is 14.8 Å². The second-order valence-electron chi connectivity index (χ2n) is 7.27. The Morgan fingerprint density at radius 1 is 0.970 bits per heavy atom. The molecule has 0 aliphatic carbocycles. The number of ketones is 1. The molecule has 1 heterocycles. The van der Waals surface area contributed by atoms with Gasteiger partial charge in [0.1, 0.15) is 0 Å². The van der Waals surface area contributed by atoms with Crippen LogP contribution in [0, 0.1) is 0 Å². The number of anilines is 1. The first-order valence-electron chi connectivity index (χ1n) is 10.3. The van der Waals surface area contributed by atoms with Crippen molar-refractivity contribution in [3.63, 3.8) is 0 Å². The highest BCUT2D eigenvalue weighted by Gasteiger charge is 2.17. The van der Waals surface area contributed by atoms with Crippen molar-refractivity contribution in [1.29, 1.82) is 0 Å². The van der Waals surface area contributed by atoms with Crippen LogP contribution in [0.15, 0.2) is 88.5 Å². The van der Waals surface area contributed by atoms with Gasteiger partial charge in [-0.15, -0.1) is 10.2 Å². The van der Waals surface area contributed by atoms with E-state index in [0.29, 0.717) is 23.4 Å². The van der Waals surface area contributed by atoms with E-state index < -0.39 is 0 Å². The molecule has 3 aromatic carbocycles. The average molecular weight is 521 g/mol. The standard InChI is InChI=1S/C25H21BrN4O2S/c1-17(31)18-10-12-21(13-11-18)27-23(32)14-15-33-25-29-28-24(19-6-5-7-20(26)16-19)30(25)22-8-3-2-4-9-22/h2-13,16H,14-15H2,1H3,(H,27,32). The van der Waals surface area contributed by atoms with E-state index >= 15 is 0 Å². The van der Waals surface area contributed by atoms with Crippen molar-refractivity contribution in [2.75, 3.05) is 11.1 Å². The van der Waals surface area contributed by atoms with Crippen LogP contribution in [0.5, 0.6) is 0 Å². The molecule has 0 aliphatic rings. The third-order valence-electron chi connectivity index (χ3n) is 4.87. The molecule has 1 aromatic heterocycles. The van der Waals surface area contributed by atoms with E-state index in [1.54, 1.807) is 24.3 Å². The summed E-state index contributed by atoms with van der Waals surface area (Å²) in [7, 11) is 0. The summed E-state index contributed by atoms with van der Waals surface area (Å²) in [6.07, 6.45) is 0.312. The van der Waals surface area contributed by atoms with Crippen molar-refractivity contribution >= 4 is 45.1 Å². The van der Waals surface area contributed by atoms with E-state index in [4.69, 9.17) is 0 Å². The van der Waals surface area contributed by atoms with Crippen LogP contribution in [0.25, 0.3) is 17.1 Å². The Balaban J connectivity index is 1.47. The quantitative estimate of drug-likeness (QED) is 0.227. The molecule has 0 unspecified atom stereocenters. The van der Waals surface area contributed by atoms with Crippen LogP contribution in [0.4, 0.5) is 5.69 Å². The SMILES string of the molecule is CC(=O)c1ccc(NC(=O)CCSc2nnc(-c3cccc(Br)c3)n2-c2ccccc2)cc1. The first kappa shape index (κ1) is 22.9. The molecule has 4 aromatic rings. The molecule has 166 valence electrons. The van der Waals surface area contributed by atoms with Gasteiger partial charge in [-0.3, -0.25) is 14.2 Å². The summed E-state index contributed by atoms with van der Waals surface area (Å²) in [5.41, 5.74) is 3.18. The predicted octanol–water partition coefficient (Wildman–Crippen LogP) is 6.02. The smallest absolute Gasteiger partial charge is 0.225 e. The molecular formula is C25H21BrN4O2S. The van der Waals surface area contributed by atoms with Crippen LogP contribution in [0.3, 0.4) is 0 Å². The van der Waals surface area contributed by atoms with Gasteiger partial charge < -0.3 is 5.32 Å². The Hall–Kier alpha value is -3.23. The van der Waals surface area contributed by atoms with Gasteiger partial charge in [-0.2, -0.15) is 0 Å². The van der Waals surface area contributed by atoms with Crippen LogP contribution in [-0.4, -0.2) is 32.2 Å². The number of hydrogen-bond donors (Lipinski definition) is 1. The summed E-state index contributed by atoms with van der Waals surface area (Å²) in [4.78, 5) is 23.8. The number of hydrogen-bond acceptors (Lipinski definition) is 5. The summed E-state index contributed by atoms with van der Waals surface area (Å²) < 4.78 is 2.97. The summed E-state index contributed by atoms with van der Waals surface area (Å²) >= 11 is 5.00. The maximum atomic E-state index is 12.4. The number of para-hydroxylation sites is 1. The molecule has 0 saturated carbocycles. The third-order valence-corrected chi connectivity index (χ3v) is 6.29. The zero-order valence-corrected chi connectivity index (χ0v) is 20.3. The van der Waals surface area contributed by atoms with Crippen LogP contribution in [-0.2, 0) is 4.79 Å². The lowest BCUT2D eigenvalue weighted by molar-refractivity contribution is -0.115. The number of carbonyl (C=O) groups excluding carboxylic acids is 2. The summed E-state index contributed by atoms with van der Waals surface area (Å²) in [5.74, 6) is 1.17. The number of nitrogens with zero attached hydrogens (tertiary/aromatic N) is 3. The minimum atomic E-state index is -0.101. The molecule has 8 heteroatoms. The van der Waals surface area contributed by atoms with E-state index in [1.165, 1.54) is 18.7 Å². The van der Waals surface area contributed by atoms with Gasteiger partial charge in [0.25, 0.3) is 0 Å². The summed E-state index contributed by atoms with van der Waals surface area (Å²) in [6.45, 7) is 1.51. The van der Waals surface area contributed by atoms with E-state index in [9.17, 15) is 9.59 Å². The highest BCUT2D eigenvalue weighted by molar-refractivity contribution is 9.10. The Kier molecular flexibility index (Phi) is 7.36. The van der Waals surface area contributed by atoms with Crippen molar-refractivity contribution in [2.24, 2.45) is 0 Å². The minimum Gasteiger partial charge on any atom is -0.326 e. The number of rotatable bonds is 8. The van der Waals surface area contributed by atoms with Crippen molar-refractivity contribution in [3.05, 3.63) is 88.9 Å². The van der Waals surface area contributed by atoms with E-state index in [0.717, 1.165) is 26.7 Å². The van der Waals surface area contributed by atoms with Crippen molar-refractivity contribution < 1.29 is 9.59 Å². The molecular weight excluding hydrogens is 500 g/mol. The molecule has 0 bridgehead atoms. The number of nitrogens with one attached hydrogen (secondary N) is 1. The zero-order chi connectivity index (χ0) is 23.2. The van der Waals surface area contributed by atoms with Gasteiger partial charge in [0.05, 0.1) is 0 Å². The fourth-order valence-corrected chi connectivity index (χ4v) is 4.52. The lowest BCUT2D eigenvalue weighted by Gasteiger charge is -2.10. The van der Waals surface area contributed by atoms with Gasteiger partial charge in [0, 0.05) is 39.1 Å². The highest BCUT2D eigenvalue weighted by Crippen LogP contribution is 2.29. The largest absolute Gasteiger partial charge is 0.326 e. The van der Waals surface area contributed by atoms with Gasteiger partial charge in [-0.25, -0.2) is 0 Å². The highest BCUT2D eigenvalue weighted by atomic mass is 79.9. The molecule has 0 radical (unpaired) electrons. The first-order valence-corrected chi connectivity index (χ1v) is 12.1. The molecule has 6 nitrogen and oxygen atoms in total. The maximum absolute atomic E-state index is 12.4. The monoisotopic (exact) mass is 520 g/mol. The number of aromatic nitrogens is 3. The van der Waals surface area contributed by atoms with Crippen LogP contribution >= 0.6 is 27.7 Å². The molecule has 1 amide bonds. The van der Waals surface area contributed by atoms with E-state index in [2.05, 4.69) is 31.4 Å². The van der Waals surface area contributed by atoms with E-state index in [-0.39, 0.29) is 11.7 Å². The number of Topliss-reactive ketones (excluding diaryl/α,β-unsaturated/α-hetero) is 1. The molecule has 0 saturated heterocycles. The predicted molar refractivity (Wildman–Crippen MR) is 135 cm³/mol. The number of carbonyl (C=O) groups is 2. The minimum absolute atomic E-state index is 0.00552. The molecule has 1 N–H and O–H groups in total. The molecule has 0 atom stereocenters. The number of thioether (sulfide) groups is 1. The topological polar surface area (TPSA) is 76.9 Å². The van der Waals surface area contributed by atoms with Gasteiger partial charge in [-0.05, 0) is 55.5 Å². The van der Waals surface area contributed by atoms with Gasteiger partial charge in [0.2, 0.25) is 5.91 Å². The lowest BCUT2D eigenvalue weighted by atomic mass is 10.1. The Bertz CT molecular complexity index is 1270. The molecule has 33 heavy (non-hydrogen) atoms. The van der Waals surface area contributed by atoms with Gasteiger partial charge >= 0.3 is 0 Å². The molecule has 0 fully saturated rings. The second-order valence-corrected chi connectivity index (χ2v) is 9.25. The Labute approximate surface area is 204 Å². The molecule has 4 rings (SSSR count). The number of benzene rings is 3. The second kappa shape index (κ2) is 10.6. The van der Waals surface area contributed by atoms with Gasteiger partial charge in [-0.1, -0.05) is 58.0 Å². The normalized spacial score (nSPS) is 10.7. The third kappa shape index (κ3) is 5.77. The fraction of sp³-hybridized carbons (Fsp3) is 0.120. The van der Waals surface area contributed by atoms with Crippen LogP contribution < -0.4 is 5.32 Å². The zero-order valence-electron chi connectivity index (χ0n) is 17.9. The van der Waals surface area contributed by atoms with E-state index in [1.807, 2.05) is 59.2 Å². The van der Waals surface area contributed by atoms with Crippen molar-refractivity contribution in [2.45, 2.75) is 18.5 Å². The number of amides is 1.